The molecule has 4 rings (SSSR count). The summed E-state index contributed by atoms with van der Waals surface area (Å²) in [6.45, 7) is 2.09. The Kier molecular flexibility index (Phi) is 5.48. The molecule has 0 radical (unpaired) electrons. The molecule has 1 N–H and O–H groups in total. The third-order valence-electron chi connectivity index (χ3n) is 5.75. The smallest absolute Gasteiger partial charge is 0.250 e. The van der Waals surface area contributed by atoms with E-state index in [1.165, 1.54) is 0 Å². The number of carbonyl (C=O) groups excluding carboxylic acids is 2. The molecule has 2 saturated heterocycles. The molecule has 2 aromatic rings. The third-order valence-corrected chi connectivity index (χ3v) is 6.00. The number of nitrogens with zero attached hydrogens (tertiary/aromatic N) is 2. The van der Waals surface area contributed by atoms with Crippen LogP contribution in [0.4, 0.5) is 0 Å². The number of rotatable bonds is 5. The van der Waals surface area contributed by atoms with Gasteiger partial charge < -0.3 is 19.9 Å². The van der Waals surface area contributed by atoms with Crippen molar-refractivity contribution in [1.82, 2.24) is 15.1 Å². The standard InChI is InChI=1S/C22H24ClN3O3/c1-29-19-8-4-16(5-9-19)12-25-14-20(27)26(13-17-2-6-18(23)7-3-17)22(21(25)28)10-11-24-15-22/h2-9,24H,10-15H2,1H3. The molecule has 1 spiro atoms. The quantitative estimate of drug-likeness (QED) is 0.817. The van der Waals surface area contributed by atoms with Gasteiger partial charge in [-0.15, -0.1) is 0 Å². The lowest BCUT2D eigenvalue weighted by atomic mass is 9.90. The number of benzene rings is 2. The molecule has 29 heavy (non-hydrogen) atoms. The molecule has 1 atom stereocenters. The SMILES string of the molecule is COc1ccc(CN2CC(=O)N(Cc3ccc(Cl)cc3)C3(CCNC3)C2=O)cc1. The summed E-state index contributed by atoms with van der Waals surface area (Å²) in [5.74, 6) is 0.740. The van der Waals surface area contributed by atoms with Gasteiger partial charge >= 0.3 is 0 Å². The van der Waals surface area contributed by atoms with Crippen LogP contribution in [-0.4, -0.2) is 53.9 Å². The lowest BCUT2D eigenvalue weighted by Gasteiger charge is -2.47. The first-order valence-electron chi connectivity index (χ1n) is 9.70. The topological polar surface area (TPSA) is 61.9 Å². The summed E-state index contributed by atoms with van der Waals surface area (Å²) < 4.78 is 5.19. The van der Waals surface area contributed by atoms with Gasteiger partial charge in [-0.2, -0.15) is 0 Å². The predicted molar refractivity (Wildman–Crippen MR) is 111 cm³/mol. The van der Waals surface area contributed by atoms with Crippen molar-refractivity contribution >= 4 is 23.4 Å². The molecule has 2 aliphatic rings. The maximum Gasteiger partial charge on any atom is 0.250 e. The van der Waals surface area contributed by atoms with E-state index >= 15 is 0 Å². The second kappa shape index (κ2) is 8.05. The van der Waals surface area contributed by atoms with Crippen LogP contribution in [0, 0.1) is 0 Å². The summed E-state index contributed by atoms with van der Waals surface area (Å²) >= 11 is 5.98. The molecule has 2 amide bonds. The van der Waals surface area contributed by atoms with Crippen LogP contribution >= 0.6 is 11.6 Å². The van der Waals surface area contributed by atoms with Gasteiger partial charge in [-0.1, -0.05) is 35.9 Å². The van der Waals surface area contributed by atoms with Gasteiger partial charge in [0, 0.05) is 24.7 Å². The van der Waals surface area contributed by atoms with E-state index in [0.717, 1.165) is 16.9 Å². The Morgan fingerprint density at radius 3 is 2.31 bits per heavy atom. The van der Waals surface area contributed by atoms with E-state index in [1.807, 2.05) is 48.5 Å². The van der Waals surface area contributed by atoms with Gasteiger partial charge in [-0.05, 0) is 48.4 Å². The summed E-state index contributed by atoms with van der Waals surface area (Å²) in [7, 11) is 1.62. The maximum absolute atomic E-state index is 13.5. The van der Waals surface area contributed by atoms with Gasteiger partial charge in [0.1, 0.15) is 17.8 Å². The summed E-state index contributed by atoms with van der Waals surface area (Å²) in [6, 6.07) is 15.0. The van der Waals surface area contributed by atoms with Crippen molar-refractivity contribution < 1.29 is 14.3 Å². The summed E-state index contributed by atoms with van der Waals surface area (Å²) in [5.41, 5.74) is 1.10. The van der Waals surface area contributed by atoms with Gasteiger partial charge in [0.05, 0.1) is 7.11 Å². The minimum absolute atomic E-state index is 0.00637. The van der Waals surface area contributed by atoms with Crippen molar-refractivity contribution in [2.75, 3.05) is 26.7 Å². The molecule has 0 aliphatic carbocycles. The molecule has 1 unspecified atom stereocenters. The first kappa shape index (κ1) is 19.7. The second-order valence-electron chi connectivity index (χ2n) is 7.57. The van der Waals surface area contributed by atoms with Crippen LogP contribution in [0.25, 0.3) is 0 Å². The molecule has 0 saturated carbocycles. The highest BCUT2D eigenvalue weighted by molar-refractivity contribution is 6.30. The third kappa shape index (κ3) is 3.82. The van der Waals surface area contributed by atoms with Gasteiger partial charge in [-0.25, -0.2) is 0 Å². The molecule has 2 aliphatic heterocycles. The number of halogens is 1. The van der Waals surface area contributed by atoms with Crippen molar-refractivity contribution in [3.05, 3.63) is 64.7 Å². The van der Waals surface area contributed by atoms with Crippen LogP contribution < -0.4 is 10.1 Å². The Bertz CT molecular complexity index is 893. The van der Waals surface area contributed by atoms with Gasteiger partial charge in [0.2, 0.25) is 5.91 Å². The molecule has 2 aromatic carbocycles. The van der Waals surface area contributed by atoms with Crippen LogP contribution in [0.2, 0.25) is 5.02 Å². The van der Waals surface area contributed by atoms with Crippen LogP contribution in [0.15, 0.2) is 48.5 Å². The number of hydrogen-bond donors (Lipinski definition) is 1. The van der Waals surface area contributed by atoms with Crippen LogP contribution in [-0.2, 0) is 22.7 Å². The first-order valence-corrected chi connectivity index (χ1v) is 10.1. The van der Waals surface area contributed by atoms with Gasteiger partial charge in [0.15, 0.2) is 0 Å². The highest BCUT2D eigenvalue weighted by Gasteiger charge is 2.53. The highest BCUT2D eigenvalue weighted by Crippen LogP contribution is 2.32. The number of hydrogen-bond acceptors (Lipinski definition) is 4. The number of carbonyl (C=O) groups is 2. The lowest BCUT2D eigenvalue weighted by Crippen LogP contribution is -2.68. The van der Waals surface area contributed by atoms with E-state index in [9.17, 15) is 9.59 Å². The van der Waals surface area contributed by atoms with E-state index in [-0.39, 0.29) is 18.4 Å². The van der Waals surface area contributed by atoms with E-state index in [2.05, 4.69) is 5.32 Å². The fourth-order valence-corrected chi connectivity index (χ4v) is 4.28. The normalized spacial score (nSPS) is 21.9. The minimum atomic E-state index is -0.832. The van der Waals surface area contributed by atoms with Crippen LogP contribution in [0.1, 0.15) is 17.5 Å². The van der Waals surface area contributed by atoms with Crippen molar-refractivity contribution in [1.29, 1.82) is 0 Å². The largest absolute Gasteiger partial charge is 0.497 e. The van der Waals surface area contributed by atoms with E-state index < -0.39 is 5.54 Å². The molecule has 7 heteroatoms. The average molecular weight is 414 g/mol. The van der Waals surface area contributed by atoms with Crippen LogP contribution in [0.3, 0.4) is 0 Å². The average Bonchev–Trinajstić information content (AvgIpc) is 3.22. The lowest BCUT2D eigenvalue weighted by molar-refractivity contribution is -0.165. The minimum Gasteiger partial charge on any atom is -0.497 e. The monoisotopic (exact) mass is 413 g/mol. The van der Waals surface area contributed by atoms with Crippen LogP contribution in [0.5, 0.6) is 5.75 Å². The van der Waals surface area contributed by atoms with Crippen molar-refractivity contribution in [2.45, 2.75) is 25.0 Å². The Labute approximate surface area is 175 Å². The molecule has 2 heterocycles. The number of piperazine rings is 1. The Morgan fingerprint density at radius 2 is 1.69 bits per heavy atom. The zero-order valence-corrected chi connectivity index (χ0v) is 17.1. The molecular formula is C22H24ClN3O3. The molecular weight excluding hydrogens is 390 g/mol. The Morgan fingerprint density at radius 1 is 1.03 bits per heavy atom. The van der Waals surface area contributed by atoms with Crippen molar-refractivity contribution in [3.8, 4) is 5.75 Å². The van der Waals surface area contributed by atoms with E-state index in [1.54, 1.807) is 16.9 Å². The number of methoxy groups -OCH3 is 1. The fourth-order valence-electron chi connectivity index (χ4n) is 4.15. The van der Waals surface area contributed by atoms with E-state index in [0.29, 0.717) is 37.6 Å². The summed E-state index contributed by atoms with van der Waals surface area (Å²) in [4.78, 5) is 30.1. The van der Waals surface area contributed by atoms with Gasteiger partial charge in [0.25, 0.3) is 5.91 Å². The van der Waals surface area contributed by atoms with Crippen molar-refractivity contribution in [3.63, 3.8) is 0 Å². The Balaban J connectivity index is 1.57. The van der Waals surface area contributed by atoms with Crippen molar-refractivity contribution in [2.24, 2.45) is 0 Å². The van der Waals surface area contributed by atoms with Gasteiger partial charge in [-0.3, -0.25) is 9.59 Å². The number of amides is 2. The fraction of sp³-hybridized carbons (Fsp3) is 0.364. The Hall–Kier alpha value is -2.57. The van der Waals surface area contributed by atoms with E-state index in [4.69, 9.17) is 16.3 Å². The molecule has 0 bridgehead atoms. The zero-order chi connectivity index (χ0) is 20.4. The molecule has 6 nitrogen and oxygen atoms in total. The summed E-state index contributed by atoms with van der Waals surface area (Å²) in [5, 5.41) is 3.93. The zero-order valence-electron chi connectivity index (χ0n) is 16.4. The second-order valence-corrected chi connectivity index (χ2v) is 8.01. The highest BCUT2D eigenvalue weighted by atomic mass is 35.5. The maximum atomic E-state index is 13.5. The first-order chi connectivity index (χ1) is 14.0. The number of ether oxygens (including phenoxy) is 1. The molecule has 0 aromatic heterocycles. The predicted octanol–water partition coefficient (Wildman–Crippen LogP) is 2.45. The summed E-state index contributed by atoms with van der Waals surface area (Å²) in [6.07, 6.45) is 0.615. The molecule has 2 fully saturated rings. The number of nitrogens with one attached hydrogen (secondary N) is 1. The molecule has 152 valence electrons.